The van der Waals surface area contributed by atoms with E-state index in [9.17, 15) is 0 Å². The number of rotatable bonds is 6. The van der Waals surface area contributed by atoms with Crippen molar-refractivity contribution in [1.82, 2.24) is 0 Å². The van der Waals surface area contributed by atoms with E-state index >= 15 is 0 Å². The van der Waals surface area contributed by atoms with Crippen molar-refractivity contribution in [2.24, 2.45) is 10.9 Å². The van der Waals surface area contributed by atoms with Gasteiger partial charge >= 0.3 is 0 Å². The lowest BCUT2D eigenvalue weighted by molar-refractivity contribution is 0.644. The lowest BCUT2D eigenvalue weighted by Crippen LogP contribution is -1.99. The maximum absolute atomic E-state index is 4.50. The van der Waals surface area contributed by atoms with E-state index in [0.29, 0.717) is 5.92 Å². The molecule has 16 heavy (non-hydrogen) atoms. The molecule has 0 amide bonds. The summed E-state index contributed by atoms with van der Waals surface area (Å²) in [5, 5.41) is 0. The maximum atomic E-state index is 4.50. The van der Waals surface area contributed by atoms with Crippen molar-refractivity contribution in [2.75, 3.05) is 6.54 Å². The summed E-state index contributed by atoms with van der Waals surface area (Å²) in [5.74, 6) is 0.505. The molecule has 0 aliphatic heterocycles. The molecule has 0 fully saturated rings. The van der Waals surface area contributed by atoms with Gasteiger partial charge in [0.25, 0.3) is 0 Å². The van der Waals surface area contributed by atoms with E-state index in [0.717, 1.165) is 19.4 Å². The van der Waals surface area contributed by atoms with Crippen molar-refractivity contribution < 1.29 is 0 Å². The molecule has 0 aliphatic rings. The van der Waals surface area contributed by atoms with E-state index in [1.807, 2.05) is 12.3 Å². The topological polar surface area (TPSA) is 12.4 Å². The first-order chi connectivity index (χ1) is 7.81. The third-order valence-electron chi connectivity index (χ3n) is 2.86. The number of hydrogen-bond donors (Lipinski definition) is 0. The van der Waals surface area contributed by atoms with Crippen LogP contribution < -0.4 is 0 Å². The zero-order chi connectivity index (χ0) is 11.8. The van der Waals surface area contributed by atoms with Crippen LogP contribution in [0.3, 0.4) is 0 Å². The first-order valence-corrected chi connectivity index (χ1v) is 6.02. The second kappa shape index (κ2) is 7.00. The van der Waals surface area contributed by atoms with Crippen molar-refractivity contribution in [1.29, 1.82) is 0 Å². The normalized spacial score (nSPS) is 12.9. The molecule has 0 bridgehead atoms. The fourth-order valence-electron chi connectivity index (χ4n) is 1.64. The van der Waals surface area contributed by atoms with Crippen molar-refractivity contribution in [2.45, 2.75) is 26.7 Å². The highest BCUT2D eigenvalue weighted by Gasteiger charge is 1.99. The molecular formula is C15H21N. The van der Waals surface area contributed by atoms with Gasteiger partial charge in [-0.15, -0.1) is 6.58 Å². The van der Waals surface area contributed by atoms with Crippen LogP contribution >= 0.6 is 0 Å². The minimum Gasteiger partial charge on any atom is -0.292 e. The average Bonchev–Trinajstić information content (AvgIpc) is 2.35. The monoisotopic (exact) mass is 215 g/mol. The van der Waals surface area contributed by atoms with Gasteiger partial charge < -0.3 is 0 Å². The van der Waals surface area contributed by atoms with Crippen LogP contribution in [0, 0.1) is 5.92 Å². The van der Waals surface area contributed by atoms with E-state index in [4.69, 9.17) is 0 Å². The highest BCUT2D eigenvalue weighted by molar-refractivity contribution is 5.81. The molecule has 1 unspecified atom stereocenters. The molecule has 1 heteroatoms. The SMILES string of the molecule is C=CC(CC)CN=Cc1ccccc1CC. The molecular weight excluding hydrogens is 194 g/mol. The molecule has 1 nitrogen and oxygen atoms in total. The van der Waals surface area contributed by atoms with E-state index in [1.165, 1.54) is 11.1 Å². The van der Waals surface area contributed by atoms with Gasteiger partial charge in [0.1, 0.15) is 0 Å². The third-order valence-corrected chi connectivity index (χ3v) is 2.86. The number of aliphatic imine (C=N–C) groups is 1. The Hall–Kier alpha value is -1.37. The fourth-order valence-corrected chi connectivity index (χ4v) is 1.64. The van der Waals surface area contributed by atoms with Gasteiger partial charge in [0, 0.05) is 12.8 Å². The van der Waals surface area contributed by atoms with Crippen LogP contribution in [0.1, 0.15) is 31.4 Å². The maximum Gasteiger partial charge on any atom is 0.0452 e. The molecule has 0 heterocycles. The first-order valence-electron chi connectivity index (χ1n) is 6.02. The summed E-state index contributed by atoms with van der Waals surface area (Å²) < 4.78 is 0. The molecule has 1 atom stereocenters. The third kappa shape index (κ3) is 3.65. The van der Waals surface area contributed by atoms with Crippen molar-refractivity contribution >= 4 is 6.21 Å². The predicted molar refractivity (Wildman–Crippen MR) is 72.3 cm³/mol. The zero-order valence-electron chi connectivity index (χ0n) is 10.3. The zero-order valence-corrected chi connectivity index (χ0v) is 10.3. The molecule has 1 aromatic rings. The summed E-state index contributed by atoms with van der Waals surface area (Å²) in [6, 6.07) is 8.42. The van der Waals surface area contributed by atoms with Crippen LogP contribution in [0.5, 0.6) is 0 Å². The average molecular weight is 215 g/mol. The molecule has 0 saturated carbocycles. The quantitative estimate of drug-likeness (QED) is 0.504. The largest absolute Gasteiger partial charge is 0.292 e. The predicted octanol–water partition coefficient (Wildman–Crippen LogP) is 3.88. The summed E-state index contributed by atoms with van der Waals surface area (Å²) in [6.45, 7) is 9.00. The van der Waals surface area contributed by atoms with Gasteiger partial charge in [-0.1, -0.05) is 44.2 Å². The van der Waals surface area contributed by atoms with Gasteiger partial charge in [0.2, 0.25) is 0 Å². The van der Waals surface area contributed by atoms with Crippen LogP contribution in [-0.2, 0) is 6.42 Å². The van der Waals surface area contributed by atoms with E-state index in [-0.39, 0.29) is 0 Å². The Labute approximate surface area is 98.9 Å². The Morgan fingerprint density at radius 2 is 2.06 bits per heavy atom. The Balaban J connectivity index is 2.65. The second-order valence-corrected chi connectivity index (χ2v) is 3.95. The smallest absolute Gasteiger partial charge is 0.0452 e. The Morgan fingerprint density at radius 3 is 2.69 bits per heavy atom. The molecule has 86 valence electrons. The summed E-state index contributed by atoms with van der Waals surface area (Å²) in [5.41, 5.74) is 2.60. The molecule has 0 N–H and O–H groups in total. The highest BCUT2D eigenvalue weighted by atomic mass is 14.7. The minimum absolute atomic E-state index is 0.505. The Bertz CT molecular complexity index is 352. The number of nitrogens with zero attached hydrogens (tertiary/aromatic N) is 1. The van der Waals surface area contributed by atoms with E-state index in [2.05, 4.69) is 49.7 Å². The summed E-state index contributed by atoms with van der Waals surface area (Å²) >= 11 is 0. The van der Waals surface area contributed by atoms with Crippen LogP contribution in [-0.4, -0.2) is 12.8 Å². The summed E-state index contributed by atoms with van der Waals surface area (Å²) in [4.78, 5) is 4.50. The van der Waals surface area contributed by atoms with Gasteiger partial charge in [-0.3, -0.25) is 4.99 Å². The van der Waals surface area contributed by atoms with Gasteiger partial charge in [-0.2, -0.15) is 0 Å². The summed E-state index contributed by atoms with van der Waals surface area (Å²) in [6.07, 6.45) is 6.14. The van der Waals surface area contributed by atoms with Gasteiger partial charge in [-0.05, 0) is 29.9 Å². The molecule has 0 spiro atoms. The summed E-state index contributed by atoms with van der Waals surface area (Å²) in [7, 11) is 0. The molecule has 0 aliphatic carbocycles. The van der Waals surface area contributed by atoms with Crippen molar-refractivity contribution in [3.05, 3.63) is 48.0 Å². The van der Waals surface area contributed by atoms with Crippen LogP contribution in [0.2, 0.25) is 0 Å². The van der Waals surface area contributed by atoms with E-state index < -0.39 is 0 Å². The Kier molecular flexibility index (Phi) is 5.55. The van der Waals surface area contributed by atoms with Crippen molar-refractivity contribution in [3.8, 4) is 0 Å². The molecule has 1 rings (SSSR count). The molecule has 0 saturated heterocycles. The number of aryl methyl sites for hydroxylation is 1. The molecule has 0 aromatic heterocycles. The second-order valence-electron chi connectivity index (χ2n) is 3.95. The van der Waals surface area contributed by atoms with Crippen molar-refractivity contribution in [3.63, 3.8) is 0 Å². The highest BCUT2D eigenvalue weighted by Crippen LogP contribution is 2.08. The van der Waals surface area contributed by atoms with Crippen LogP contribution in [0.25, 0.3) is 0 Å². The van der Waals surface area contributed by atoms with Gasteiger partial charge in [-0.25, -0.2) is 0 Å². The number of benzene rings is 1. The van der Waals surface area contributed by atoms with Gasteiger partial charge in [0.05, 0.1) is 0 Å². The first kappa shape index (κ1) is 12.7. The lowest BCUT2D eigenvalue weighted by atomic mass is 10.1. The molecule has 0 radical (unpaired) electrons. The lowest BCUT2D eigenvalue weighted by Gasteiger charge is -2.05. The van der Waals surface area contributed by atoms with E-state index in [1.54, 1.807) is 0 Å². The standard InChI is InChI=1S/C15H21N/c1-4-13(5-2)11-16-12-15-10-8-7-9-14(15)6-3/h4,7-10,12-13H,1,5-6,11H2,2-3H3. The minimum atomic E-state index is 0.505. The Morgan fingerprint density at radius 1 is 1.31 bits per heavy atom. The number of hydrogen-bond acceptors (Lipinski definition) is 1. The van der Waals surface area contributed by atoms with Crippen LogP contribution in [0.15, 0.2) is 41.9 Å². The fraction of sp³-hybridized carbons (Fsp3) is 0.400. The van der Waals surface area contributed by atoms with Crippen LogP contribution in [0.4, 0.5) is 0 Å². The van der Waals surface area contributed by atoms with Gasteiger partial charge in [0.15, 0.2) is 0 Å². The molecule has 1 aromatic carbocycles.